The van der Waals surface area contributed by atoms with E-state index in [0.29, 0.717) is 6.54 Å². The van der Waals surface area contributed by atoms with Crippen molar-refractivity contribution < 1.29 is 4.79 Å². The lowest BCUT2D eigenvalue weighted by Crippen LogP contribution is -2.37. The highest BCUT2D eigenvalue weighted by molar-refractivity contribution is 5.89. The van der Waals surface area contributed by atoms with Gasteiger partial charge in [0.1, 0.15) is 0 Å². The summed E-state index contributed by atoms with van der Waals surface area (Å²) in [5, 5.41) is 12.2. The van der Waals surface area contributed by atoms with Gasteiger partial charge in [0.15, 0.2) is 5.96 Å². The molecule has 4 N–H and O–H groups in total. The van der Waals surface area contributed by atoms with E-state index >= 15 is 0 Å². The summed E-state index contributed by atoms with van der Waals surface area (Å²) in [5.41, 5.74) is 3.17. The molecule has 6 heteroatoms. The lowest BCUT2D eigenvalue weighted by molar-refractivity contribution is 0.250. The second-order valence-corrected chi connectivity index (χ2v) is 6.54. The minimum absolute atomic E-state index is 0.106. The molecule has 27 heavy (non-hydrogen) atoms. The third kappa shape index (κ3) is 7.81. The summed E-state index contributed by atoms with van der Waals surface area (Å²) in [7, 11) is 1.76. The Bertz CT molecular complexity index is 726. The summed E-state index contributed by atoms with van der Waals surface area (Å²) in [5.74, 6) is 0.768. The molecule has 2 aromatic rings. The van der Waals surface area contributed by atoms with E-state index < -0.39 is 0 Å². The number of amides is 2. The molecule has 0 aromatic heterocycles. The van der Waals surface area contributed by atoms with Gasteiger partial charge < -0.3 is 21.3 Å². The number of hydrogen-bond donors (Lipinski definition) is 4. The lowest BCUT2D eigenvalue weighted by atomic mass is 10.1. The number of nitrogens with one attached hydrogen (secondary N) is 4. The highest BCUT2D eigenvalue weighted by Gasteiger charge is 2.03. The normalized spacial score (nSPS) is 11.2. The van der Waals surface area contributed by atoms with Crippen LogP contribution >= 0.6 is 0 Å². The fraction of sp³-hybridized carbons (Fsp3) is 0.333. The number of urea groups is 1. The molecule has 0 saturated heterocycles. The van der Waals surface area contributed by atoms with E-state index in [1.54, 1.807) is 7.05 Å². The molecule has 0 aliphatic carbocycles. The third-order valence-corrected chi connectivity index (χ3v) is 3.86. The molecule has 0 aliphatic heterocycles. The first-order valence-electron chi connectivity index (χ1n) is 9.21. The van der Waals surface area contributed by atoms with Crippen LogP contribution in [0.5, 0.6) is 0 Å². The lowest BCUT2D eigenvalue weighted by Gasteiger charge is -2.13. The van der Waals surface area contributed by atoms with Gasteiger partial charge in [-0.05, 0) is 43.5 Å². The molecule has 0 saturated carbocycles. The van der Waals surface area contributed by atoms with E-state index in [4.69, 9.17) is 0 Å². The van der Waals surface area contributed by atoms with Crippen LogP contribution in [0.4, 0.5) is 10.5 Å². The predicted molar refractivity (Wildman–Crippen MR) is 112 cm³/mol. The Morgan fingerprint density at radius 2 is 1.67 bits per heavy atom. The maximum Gasteiger partial charge on any atom is 0.319 e. The van der Waals surface area contributed by atoms with Crippen molar-refractivity contribution in [1.29, 1.82) is 0 Å². The number of hydrogen-bond acceptors (Lipinski definition) is 2. The van der Waals surface area contributed by atoms with Crippen molar-refractivity contribution in [2.45, 2.75) is 32.9 Å². The van der Waals surface area contributed by atoms with Crippen molar-refractivity contribution in [3.63, 3.8) is 0 Å². The Kier molecular flexibility index (Phi) is 8.16. The first-order valence-corrected chi connectivity index (χ1v) is 9.21. The van der Waals surface area contributed by atoms with Crippen LogP contribution in [0, 0.1) is 0 Å². The van der Waals surface area contributed by atoms with Crippen molar-refractivity contribution in [3.05, 3.63) is 65.7 Å². The van der Waals surface area contributed by atoms with E-state index in [-0.39, 0.29) is 12.1 Å². The fourth-order valence-electron chi connectivity index (χ4n) is 2.51. The number of anilines is 1. The molecule has 144 valence electrons. The van der Waals surface area contributed by atoms with E-state index in [0.717, 1.165) is 30.2 Å². The Balaban J connectivity index is 1.74. The second kappa shape index (κ2) is 10.9. The van der Waals surface area contributed by atoms with E-state index in [2.05, 4.69) is 38.4 Å². The number of carbonyl (C=O) groups is 1. The van der Waals surface area contributed by atoms with E-state index in [1.165, 1.54) is 5.56 Å². The van der Waals surface area contributed by atoms with Gasteiger partial charge in [-0.15, -0.1) is 0 Å². The van der Waals surface area contributed by atoms with Gasteiger partial charge in [0.25, 0.3) is 0 Å². The standard InChI is InChI=1S/C21H29N5O/c1-16(2)25-21(27)26-19-11-9-18(10-12-19)15-24-20(22-3)23-14-13-17-7-5-4-6-8-17/h4-12,16H,13-15H2,1-3H3,(H2,22,23,24)(H2,25,26,27). The van der Waals surface area contributed by atoms with Crippen LogP contribution in [0.25, 0.3) is 0 Å². The zero-order chi connectivity index (χ0) is 19.5. The molecule has 0 aliphatic rings. The number of rotatable bonds is 7. The van der Waals surface area contributed by atoms with Crippen LogP contribution in [-0.4, -0.2) is 31.6 Å². The SMILES string of the molecule is CN=C(NCCc1ccccc1)NCc1ccc(NC(=O)NC(C)C)cc1. The molecule has 0 bridgehead atoms. The molecular weight excluding hydrogens is 338 g/mol. The molecule has 0 fully saturated rings. The zero-order valence-corrected chi connectivity index (χ0v) is 16.3. The van der Waals surface area contributed by atoms with Gasteiger partial charge in [-0.25, -0.2) is 4.79 Å². The maximum absolute atomic E-state index is 11.7. The molecule has 0 radical (unpaired) electrons. The van der Waals surface area contributed by atoms with Crippen molar-refractivity contribution >= 4 is 17.7 Å². The Hall–Kier alpha value is -3.02. The summed E-state index contributed by atoms with van der Waals surface area (Å²) >= 11 is 0. The van der Waals surface area contributed by atoms with Crippen molar-refractivity contribution in [3.8, 4) is 0 Å². The summed E-state index contributed by atoms with van der Waals surface area (Å²) in [4.78, 5) is 16.0. The summed E-state index contributed by atoms with van der Waals surface area (Å²) in [6.45, 7) is 5.32. The largest absolute Gasteiger partial charge is 0.356 e. The second-order valence-electron chi connectivity index (χ2n) is 6.54. The van der Waals surface area contributed by atoms with Gasteiger partial charge in [-0.1, -0.05) is 42.5 Å². The van der Waals surface area contributed by atoms with Gasteiger partial charge in [0.2, 0.25) is 0 Å². The first-order chi connectivity index (χ1) is 13.1. The van der Waals surface area contributed by atoms with Gasteiger partial charge in [0, 0.05) is 31.9 Å². The average molecular weight is 367 g/mol. The van der Waals surface area contributed by atoms with Gasteiger partial charge in [0.05, 0.1) is 0 Å². The Morgan fingerprint density at radius 3 is 2.30 bits per heavy atom. The van der Waals surface area contributed by atoms with Gasteiger partial charge >= 0.3 is 6.03 Å². The van der Waals surface area contributed by atoms with Crippen LogP contribution in [0.15, 0.2) is 59.6 Å². The minimum Gasteiger partial charge on any atom is -0.356 e. The highest BCUT2D eigenvalue weighted by atomic mass is 16.2. The zero-order valence-electron chi connectivity index (χ0n) is 16.3. The first kappa shape index (κ1) is 20.3. The molecule has 2 amide bonds. The van der Waals surface area contributed by atoms with Crippen molar-refractivity contribution in [2.24, 2.45) is 4.99 Å². The number of benzene rings is 2. The molecule has 2 rings (SSSR count). The monoisotopic (exact) mass is 367 g/mol. The number of nitrogens with zero attached hydrogens (tertiary/aromatic N) is 1. The molecule has 0 heterocycles. The minimum atomic E-state index is -0.195. The van der Waals surface area contributed by atoms with Crippen LogP contribution < -0.4 is 21.3 Å². The van der Waals surface area contributed by atoms with Gasteiger partial charge in [-0.3, -0.25) is 4.99 Å². The maximum atomic E-state index is 11.7. The molecule has 0 atom stereocenters. The van der Waals surface area contributed by atoms with Crippen LogP contribution in [0.1, 0.15) is 25.0 Å². The average Bonchev–Trinajstić information content (AvgIpc) is 2.66. The van der Waals surface area contributed by atoms with Crippen LogP contribution in [-0.2, 0) is 13.0 Å². The predicted octanol–water partition coefficient (Wildman–Crippen LogP) is 3.12. The van der Waals surface area contributed by atoms with E-state index in [9.17, 15) is 4.79 Å². The molecule has 2 aromatic carbocycles. The Morgan fingerprint density at radius 1 is 0.963 bits per heavy atom. The summed E-state index contributed by atoms with van der Waals surface area (Å²) in [6.07, 6.45) is 0.945. The molecule has 0 unspecified atom stereocenters. The summed E-state index contributed by atoms with van der Waals surface area (Å²) < 4.78 is 0. The van der Waals surface area contributed by atoms with Gasteiger partial charge in [-0.2, -0.15) is 0 Å². The number of guanidine groups is 1. The quantitative estimate of drug-likeness (QED) is 0.448. The summed E-state index contributed by atoms with van der Waals surface area (Å²) in [6, 6.07) is 18.0. The molecule has 6 nitrogen and oxygen atoms in total. The fourth-order valence-corrected chi connectivity index (χ4v) is 2.51. The highest BCUT2D eigenvalue weighted by Crippen LogP contribution is 2.09. The van der Waals surface area contributed by atoms with Crippen LogP contribution in [0.3, 0.4) is 0 Å². The van der Waals surface area contributed by atoms with Crippen LogP contribution in [0.2, 0.25) is 0 Å². The third-order valence-electron chi connectivity index (χ3n) is 3.86. The van der Waals surface area contributed by atoms with E-state index in [1.807, 2.05) is 56.3 Å². The Labute approximate surface area is 161 Å². The number of aliphatic imine (C=N–C) groups is 1. The smallest absolute Gasteiger partial charge is 0.319 e. The number of carbonyl (C=O) groups excluding carboxylic acids is 1. The topological polar surface area (TPSA) is 77.6 Å². The van der Waals surface area contributed by atoms with Crippen molar-refractivity contribution in [2.75, 3.05) is 18.9 Å². The molecule has 0 spiro atoms. The van der Waals surface area contributed by atoms with Crippen molar-refractivity contribution in [1.82, 2.24) is 16.0 Å². The molecular formula is C21H29N5O.